The van der Waals surface area contributed by atoms with Gasteiger partial charge in [-0.15, -0.1) is 0 Å². The number of esters is 1. The number of non-ortho nitro benzene ring substituents is 2. The summed E-state index contributed by atoms with van der Waals surface area (Å²) in [5, 5.41) is 22.7. The third-order valence-electron chi connectivity index (χ3n) is 9.01. The van der Waals surface area contributed by atoms with Crippen LogP contribution in [0, 0.1) is 32.1 Å². The summed E-state index contributed by atoms with van der Waals surface area (Å²) in [6.07, 6.45) is -2.13. The number of amides is 1. The average molecular weight is 742 g/mol. The number of hydrogen-bond acceptors (Lipinski definition) is 12. The van der Waals surface area contributed by atoms with Gasteiger partial charge in [0.15, 0.2) is 5.70 Å². The Morgan fingerprint density at radius 1 is 0.774 bits per heavy atom. The summed E-state index contributed by atoms with van der Waals surface area (Å²) in [6.45, 7) is 2.66. The molecular formula is C37H32N3O12P. The number of rotatable bonds is 13. The van der Waals surface area contributed by atoms with Gasteiger partial charge < -0.3 is 18.7 Å². The molecule has 53 heavy (non-hydrogen) atoms. The quantitative estimate of drug-likeness (QED) is 0.0517. The standard InChI is InChI=1S/C37H32N3O12P/c1-23-32-31(24(2)51-37(43)50-22-26-15-19-28(20-16-26)40(46)47)35(41)38(32)33(36(42)49-21-25-13-17-27(18-14-25)39(44)45)34(23)52-53(48,29-9-5-3-6-10-29)30-11-7-4-8-12-30/h3-20,23-24,31-32H,21-22H2,1-2H3/t23-,24?,31-,32-/m1/s1. The van der Waals surface area contributed by atoms with Gasteiger partial charge in [0.25, 0.3) is 11.4 Å². The summed E-state index contributed by atoms with van der Waals surface area (Å²) >= 11 is 0. The molecule has 4 aromatic rings. The van der Waals surface area contributed by atoms with Gasteiger partial charge in [-0.3, -0.25) is 34.5 Å². The van der Waals surface area contributed by atoms with Crippen molar-refractivity contribution in [1.82, 2.24) is 4.90 Å². The van der Waals surface area contributed by atoms with E-state index < -0.39 is 59.2 Å². The number of hydrogen-bond donors (Lipinski definition) is 0. The Morgan fingerprint density at radius 2 is 1.25 bits per heavy atom. The maximum Gasteiger partial charge on any atom is 0.508 e. The van der Waals surface area contributed by atoms with Crippen LogP contribution in [0.5, 0.6) is 0 Å². The summed E-state index contributed by atoms with van der Waals surface area (Å²) in [6, 6.07) is 26.9. The molecule has 1 amide bonds. The van der Waals surface area contributed by atoms with E-state index in [-0.39, 0.29) is 36.0 Å². The third kappa shape index (κ3) is 7.37. The van der Waals surface area contributed by atoms with E-state index in [4.69, 9.17) is 18.7 Å². The van der Waals surface area contributed by atoms with Crippen LogP contribution in [0.4, 0.5) is 16.2 Å². The predicted octanol–water partition coefficient (Wildman–Crippen LogP) is 5.92. The van der Waals surface area contributed by atoms with Gasteiger partial charge in [-0.05, 0) is 66.6 Å². The van der Waals surface area contributed by atoms with Crippen molar-refractivity contribution in [2.45, 2.75) is 39.2 Å². The molecule has 0 spiro atoms. The Labute approximate surface area is 302 Å². The summed E-state index contributed by atoms with van der Waals surface area (Å²) in [4.78, 5) is 62.5. The van der Waals surface area contributed by atoms with Gasteiger partial charge in [-0.1, -0.05) is 43.3 Å². The van der Waals surface area contributed by atoms with Crippen LogP contribution in [0.2, 0.25) is 0 Å². The number of nitro groups is 2. The minimum absolute atomic E-state index is 0.0523. The van der Waals surface area contributed by atoms with Gasteiger partial charge in [0.05, 0.1) is 32.4 Å². The molecule has 0 aromatic heterocycles. The molecule has 4 aromatic carbocycles. The fourth-order valence-corrected chi connectivity index (χ4v) is 8.47. The number of carbonyl (C=O) groups is 3. The zero-order chi connectivity index (χ0) is 37.9. The molecule has 2 heterocycles. The lowest BCUT2D eigenvalue weighted by atomic mass is 9.79. The Kier molecular flexibility index (Phi) is 10.4. The van der Waals surface area contributed by atoms with Crippen molar-refractivity contribution in [3.8, 4) is 0 Å². The van der Waals surface area contributed by atoms with Crippen LogP contribution in [-0.4, -0.2) is 44.9 Å². The van der Waals surface area contributed by atoms with Crippen LogP contribution >= 0.6 is 7.37 Å². The van der Waals surface area contributed by atoms with Gasteiger partial charge in [-0.25, -0.2) is 9.59 Å². The molecule has 2 aliphatic heterocycles. The molecule has 2 aliphatic rings. The van der Waals surface area contributed by atoms with Crippen molar-refractivity contribution in [3.63, 3.8) is 0 Å². The van der Waals surface area contributed by atoms with Crippen molar-refractivity contribution in [3.05, 3.63) is 152 Å². The molecule has 0 radical (unpaired) electrons. The van der Waals surface area contributed by atoms with Gasteiger partial charge >= 0.3 is 19.5 Å². The number of β-lactam (4-membered cyclic amide) rings is 1. The summed E-state index contributed by atoms with van der Waals surface area (Å²) < 4.78 is 37.7. The zero-order valence-corrected chi connectivity index (χ0v) is 29.2. The van der Waals surface area contributed by atoms with Crippen LogP contribution in [0.1, 0.15) is 25.0 Å². The minimum Gasteiger partial charge on any atom is -0.456 e. The van der Waals surface area contributed by atoms with E-state index in [1.54, 1.807) is 67.6 Å². The highest BCUT2D eigenvalue weighted by atomic mass is 31.2. The van der Waals surface area contributed by atoms with Crippen molar-refractivity contribution < 1.29 is 47.5 Å². The lowest BCUT2D eigenvalue weighted by molar-refractivity contribution is -0.385. The number of benzene rings is 4. The van der Waals surface area contributed by atoms with E-state index >= 15 is 0 Å². The maximum absolute atomic E-state index is 15.0. The first-order valence-electron chi connectivity index (χ1n) is 16.3. The smallest absolute Gasteiger partial charge is 0.456 e. The van der Waals surface area contributed by atoms with Crippen molar-refractivity contribution in [2.24, 2.45) is 11.8 Å². The van der Waals surface area contributed by atoms with Crippen molar-refractivity contribution >= 4 is 47.4 Å². The van der Waals surface area contributed by atoms with Crippen molar-refractivity contribution in [1.29, 1.82) is 0 Å². The van der Waals surface area contributed by atoms with Gasteiger partial charge in [-0.2, -0.15) is 0 Å². The van der Waals surface area contributed by atoms with Crippen LogP contribution in [0.25, 0.3) is 0 Å². The Morgan fingerprint density at radius 3 is 1.72 bits per heavy atom. The highest BCUT2D eigenvalue weighted by Crippen LogP contribution is 2.55. The molecule has 1 unspecified atom stereocenters. The molecule has 0 saturated carbocycles. The van der Waals surface area contributed by atoms with Crippen LogP contribution < -0.4 is 10.6 Å². The molecular weight excluding hydrogens is 709 g/mol. The summed E-state index contributed by atoms with van der Waals surface area (Å²) in [7, 11) is -3.95. The van der Waals surface area contributed by atoms with Gasteiger partial charge in [0.1, 0.15) is 25.1 Å². The second-order valence-corrected chi connectivity index (χ2v) is 14.6. The highest BCUT2D eigenvalue weighted by Gasteiger charge is 2.62. The molecule has 272 valence electrons. The first-order chi connectivity index (χ1) is 25.4. The normalized spacial score (nSPS) is 18.3. The number of ether oxygens (including phenoxy) is 3. The molecule has 16 heteroatoms. The second kappa shape index (κ2) is 15.1. The molecule has 0 bridgehead atoms. The average Bonchev–Trinajstić information content (AvgIpc) is 3.40. The molecule has 0 N–H and O–H groups in total. The molecule has 1 fully saturated rings. The van der Waals surface area contributed by atoms with E-state index in [0.29, 0.717) is 21.7 Å². The molecule has 0 aliphatic carbocycles. The van der Waals surface area contributed by atoms with Crippen LogP contribution in [0.15, 0.2) is 121 Å². The monoisotopic (exact) mass is 741 g/mol. The van der Waals surface area contributed by atoms with Gasteiger partial charge in [0.2, 0.25) is 5.91 Å². The fraction of sp³-hybridized carbons (Fsp3) is 0.216. The molecule has 6 rings (SSSR count). The largest absolute Gasteiger partial charge is 0.508 e. The molecule has 15 nitrogen and oxygen atoms in total. The predicted molar refractivity (Wildman–Crippen MR) is 188 cm³/mol. The lowest BCUT2D eigenvalue weighted by Gasteiger charge is -2.46. The zero-order valence-electron chi connectivity index (χ0n) is 28.3. The number of nitro benzene ring substituents is 2. The van der Waals surface area contributed by atoms with Crippen LogP contribution in [0.3, 0.4) is 0 Å². The summed E-state index contributed by atoms with van der Waals surface area (Å²) in [5.41, 5.74) is 0.382. The Bertz CT molecular complexity index is 2080. The van der Waals surface area contributed by atoms with E-state index in [1.165, 1.54) is 60.4 Å². The molecule has 4 atom stereocenters. The maximum atomic E-state index is 15.0. The van der Waals surface area contributed by atoms with Crippen LogP contribution in [-0.2, 0) is 46.1 Å². The minimum atomic E-state index is -3.95. The van der Waals surface area contributed by atoms with Crippen molar-refractivity contribution in [2.75, 3.05) is 0 Å². The Hall–Kier alpha value is -6.34. The third-order valence-corrected chi connectivity index (χ3v) is 11.4. The van der Waals surface area contributed by atoms with Gasteiger partial charge in [0, 0.05) is 30.2 Å². The van der Waals surface area contributed by atoms with E-state index in [1.807, 2.05) is 0 Å². The topological polar surface area (TPSA) is 195 Å². The Balaban J connectivity index is 1.26. The number of fused-ring (bicyclic) bond motifs is 1. The first-order valence-corrected chi connectivity index (χ1v) is 18.0. The van der Waals surface area contributed by atoms with E-state index in [2.05, 4.69) is 0 Å². The highest BCUT2D eigenvalue weighted by molar-refractivity contribution is 7.74. The summed E-state index contributed by atoms with van der Waals surface area (Å²) in [5.74, 6) is -3.27. The molecule has 1 saturated heterocycles. The number of nitrogens with zero attached hydrogens (tertiary/aromatic N) is 3. The lowest BCUT2D eigenvalue weighted by Crippen LogP contribution is -2.64. The second-order valence-electron chi connectivity index (χ2n) is 12.3. The fourth-order valence-electron chi connectivity index (χ4n) is 6.31. The first kappa shape index (κ1) is 36.5. The van der Waals surface area contributed by atoms with E-state index in [9.17, 15) is 39.2 Å². The number of carbonyl (C=O) groups excluding carboxylic acids is 3. The van der Waals surface area contributed by atoms with E-state index in [0.717, 1.165) is 0 Å². The SMILES string of the molecule is CC(OC(=O)OCc1ccc([N+](=O)[O-])cc1)[C@H]1C(=O)N2C(C(=O)OCc3ccc([N+](=O)[O-])cc3)=C(OP(=O)(c3ccccc3)c3ccccc3)[C@H](C)[C@H]12.